The lowest BCUT2D eigenvalue weighted by Gasteiger charge is -2.26. The van der Waals surface area contributed by atoms with Gasteiger partial charge in [0.05, 0.1) is 0 Å². The van der Waals surface area contributed by atoms with Crippen molar-refractivity contribution >= 4 is 22.8 Å². The van der Waals surface area contributed by atoms with Crippen LogP contribution in [-0.4, -0.2) is 21.9 Å². The van der Waals surface area contributed by atoms with E-state index in [1.54, 1.807) is 11.8 Å². The number of nitrogens with one attached hydrogen (secondary N) is 1. The largest absolute Gasteiger partial charge is 0.361 e. The zero-order chi connectivity index (χ0) is 13.0. The van der Waals surface area contributed by atoms with Gasteiger partial charge >= 0.3 is 0 Å². The van der Waals surface area contributed by atoms with E-state index in [0.29, 0.717) is 12.0 Å². The highest BCUT2D eigenvalue weighted by Gasteiger charge is 2.52. The molecule has 0 aromatic carbocycles. The monoisotopic (exact) mass is 278 g/mol. The van der Waals surface area contributed by atoms with Crippen LogP contribution in [0.15, 0.2) is 4.99 Å². The Kier molecular flexibility index (Phi) is 2.73. The number of amides is 1. The molecule has 2 unspecified atom stereocenters. The molecule has 19 heavy (non-hydrogen) atoms. The minimum Gasteiger partial charge on any atom is -0.361 e. The molecule has 3 aliphatic carbocycles. The summed E-state index contributed by atoms with van der Waals surface area (Å²) in [4.78, 5) is 16.7. The van der Waals surface area contributed by atoms with Gasteiger partial charge in [-0.2, -0.15) is 4.99 Å². The normalized spacial score (nSPS) is 48.3. The molecule has 4 heteroatoms. The van der Waals surface area contributed by atoms with Crippen molar-refractivity contribution in [2.24, 2.45) is 22.7 Å². The van der Waals surface area contributed by atoms with Crippen LogP contribution >= 0.6 is 11.8 Å². The summed E-state index contributed by atoms with van der Waals surface area (Å²) in [6, 6.07) is 0.588. The van der Waals surface area contributed by atoms with Crippen LogP contribution in [0.2, 0.25) is 0 Å². The van der Waals surface area contributed by atoms with E-state index < -0.39 is 0 Å². The van der Waals surface area contributed by atoms with Crippen molar-refractivity contribution in [2.75, 3.05) is 0 Å². The first-order chi connectivity index (χ1) is 9.17. The number of thioether (sulfide) groups is 1. The topological polar surface area (TPSA) is 41.5 Å². The number of fused-ring (bicyclic) bond motifs is 2. The summed E-state index contributed by atoms with van der Waals surface area (Å²) in [6.07, 6.45) is 8.85. The highest BCUT2D eigenvalue weighted by Crippen LogP contribution is 2.51. The fourth-order valence-corrected chi connectivity index (χ4v) is 6.07. The fourth-order valence-electron chi connectivity index (χ4n) is 4.69. The Morgan fingerprint density at radius 1 is 1.32 bits per heavy atom. The number of hydrogen-bond acceptors (Lipinski definition) is 3. The highest BCUT2D eigenvalue weighted by atomic mass is 32.2. The summed E-state index contributed by atoms with van der Waals surface area (Å²) in [7, 11) is 0. The van der Waals surface area contributed by atoms with Crippen molar-refractivity contribution < 1.29 is 4.79 Å². The molecular weight excluding hydrogens is 256 g/mol. The van der Waals surface area contributed by atoms with Gasteiger partial charge < -0.3 is 5.32 Å². The number of nitrogens with zero attached hydrogens (tertiary/aromatic N) is 1. The van der Waals surface area contributed by atoms with E-state index in [1.807, 2.05) is 0 Å². The molecule has 1 N–H and O–H groups in total. The molecule has 1 spiro atoms. The molecule has 4 aliphatic rings. The Balaban J connectivity index is 1.46. The second-order valence-electron chi connectivity index (χ2n) is 6.93. The fraction of sp³-hybridized carbons (Fsp3) is 0.867. The molecule has 0 aromatic rings. The molecule has 4 rings (SSSR count). The Morgan fingerprint density at radius 3 is 2.84 bits per heavy atom. The molecule has 2 bridgehead atoms. The first-order valence-corrected chi connectivity index (χ1v) is 8.58. The van der Waals surface area contributed by atoms with Gasteiger partial charge in [0.1, 0.15) is 4.75 Å². The zero-order valence-corrected chi connectivity index (χ0v) is 12.3. The summed E-state index contributed by atoms with van der Waals surface area (Å²) in [5.41, 5.74) is 0. The molecule has 0 radical (unpaired) electrons. The number of hydrogen-bond donors (Lipinski definition) is 1. The number of carbonyl (C=O) groups is 1. The van der Waals surface area contributed by atoms with Crippen LogP contribution in [-0.2, 0) is 4.79 Å². The lowest BCUT2D eigenvalue weighted by Crippen LogP contribution is -2.38. The maximum Gasteiger partial charge on any atom is 0.265 e. The standard InChI is InChI=1S/C15H22N2OS/c1-9-3-2-6-15(9)13(18)17-14(19-15)16-12-8-10-4-5-11(12)7-10/h9-12H,2-8H2,1H3,(H,16,17,18)/t9?,10-,11+,12+,15?/m1/s1. The average Bonchev–Trinajstić information content (AvgIpc) is 3.10. The molecule has 1 aliphatic heterocycles. The van der Waals surface area contributed by atoms with E-state index in [4.69, 9.17) is 0 Å². The van der Waals surface area contributed by atoms with Gasteiger partial charge in [0, 0.05) is 6.04 Å². The Bertz CT molecular complexity index is 449. The third-order valence-electron chi connectivity index (χ3n) is 5.87. The minimum atomic E-state index is -0.208. The smallest absolute Gasteiger partial charge is 0.265 e. The van der Waals surface area contributed by atoms with E-state index >= 15 is 0 Å². The van der Waals surface area contributed by atoms with E-state index in [0.717, 1.165) is 23.4 Å². The minimum absolute atomic E-state index is 0.133. The van der Waals surface area contributed by atoms with Gasteiger partial charge in [-0.05, 0) is 49.9 Å². The van der Waals surface area contributed by atoms with Crippen molar-refractivity contribution in [1.29, 1.82) is 0 Å². The van der Waals surface area contributed by atoms with Crippen LogP contribution in [0.1, 0.15) is 51.9 Å². The molecule has 0 aromatic heterocycles. The van der Waals surface area contributed by atoms with Gasteiger partial charge in [0.15, 0.2) is 5.17 Å². The van der Waals surface area contributed by atoms with E-state index in [-0.39, 0.29) is 10.7 Å². The predicted molar refractivity (Wildman–Crippen MR) is 78.2 cm³/mol. The van der Waals surface area contributed by atoms with Crippen LogP contribution in [0.3, 0.4) is 0 Å². The van der Waals surface area contributed by atoms with Gasteiger partial charge in [-0.25, -0.2) is 0 Å². The van der Waals surface area contributed by atoms with Crippen molar-refractivity contribution in [3.63, 3.8) is 0 Å². The third kappa shape index (κ3) is 1.78. The predicted octanol–water partition coefficient (Wildman–Crippen LogP) is 2.95. The van der Waals surface area contributed by atoms with Crippen molar-refractivity contribution in [3.05, 3.63) is 0 Å². The summed E-state index contributed by atoms with van der Waals surface area (Å²) < 4.78 is -0.208. The van der Waals surface area contributed by atoms with Crippen LogP contribution in [0.4, 0.5) is 0 Å². The van der Waals surface area contributed by atoms with Gasteiger partial charge in [0.25, 0.3) is 5.91 Å². The van der Waals surface area contributed by atoms with E-state index in [9.17, 15) is 4.79 Å². The Morgan fingerprint density at radius 2 is 2.21 bits per heavy atom. The van der Waals surface area contributed by atoms with Gasteiger partial charge in [-0.1, -0.05) is 31.5 Å². The Labute approximate surface area is 119 Å². The molecule has 1 heterocycles. The van der Waals surface area contributed by atoms with Crippen molar-refractivity contribution in [2.45, 2.75) is 62.7 Å². The second kappa shape index (κ2) is 4.24. The van der Waals surface area contributed by atoms with Crippen LogP contribution in [0.5, 0.6) is 0 Å². The van der Waals surface area contributed by atoms with Gasteiger partial charge in [-0.15, -0.1) is 0 Å². The number of aliphatic imine (C=N–C) groups is 1. The second-order valence-corrected chi connectivity index (χ2v) is 8.25. The number of rotatable bonds is 1. The molecule has 5 atom stereocenters. The Hall–Kier alpha value is -0.510. The number of amidine groups is 1. The zero-order valence-electron chi connectivity index (χ0n) is 11.5. The third-order valence-corrected chi connectivity index (χ3v) is 7.42. The molecule has 0 saturated heterocycles. The SMILES string of the molecule is CC1CCCC12SC(N[C@H]1C[C@@H]3CC[C@H]1C3)=NC2=O. The molecule has 104 valence electrons. The van der Waals surface area contributed by atoms with Crippen LogP contribution in [0, 0.1) is 17.8 Å². The van der Waals surface area contributed by atoms with Crippen molar-refractivity contribution in [3.8, 4) is 0 Å². The molecule has 3 fully saturated rings. The number of carbonyl (C=O) groups excluding carboxylic acids is 1. The first-order valence-electron chi connectivity index (χ1n) is 7.76. The van der Waals surface area contributed by atoms with E-state index in [2.05, 4.69) is 17.2 Å². The lowest BCUT2D eigenvalue weighted by atomic mass is 9.96. The van der Waals surface area contributed by atoms with E-state index in [1.165, 1.54) is 38.5 Å². The van der Waals surface area contributed by atoms with Crippen LogP contribution < -0.4 is 5.32 Å². The quantitative estimate of drug-likeness (QED) is 0.802. The molecular formula is C15H22N2OS. The summed E-state index contributed by atoms with van der Waals surface area (Å²) in [5, 5.41) is 4.53. The maximum atomic E-state index is 12.3. The lowest BCUT2D eigenvalue weighted by molar-refractivity contribution is -0.120. The molecule has 3 saturated carbocycles. The van der Waals surface area contributed by atoms with Gasteiger partial charge in [0.2, 0.25) is 0 Å². The highest BCUT2D eigenvalue weighted by molar-refractivity contribution is 8.16. The summed E-state index contributed by atoms with van der Waals surface area (Å²) >= 11 is 1.74. The summed E-state index contributed by atoms with van der Waals surface area (Å²) in [5.74, 6) is 2.38. The van der Waals surface area contributed by atoms with Crippen LogP contribution in [0.25, 0.3) is 0 Å². The first kappa shape index (κ1) is 12.2. The molecule has 3 nitrogen and oxygen atoms in total. The summed E-state index contributed by atoms with van der Waals surface area (Å²) in [6.45, 7) is 2.22. The van der Waals surface area contributed by atoms with Crippen molar-refractivity contribution in [1.82, 2.24) is 5.32 Å². The molecule has 1 amide bonds. The average molecular weight is 278 g/mol. The van der Waals surface area contributed by atoms with Gasteiger partial charge in [-0.3, -0.25) is 4.79 Å². The maximum absolute atomic E-state index is 12.3.